The predicted molar refractivity (Wildman–Crippen MR) is 60.8 cm³/mol. The second-order valence-electron chi connectivity index (χ2n) is 3.53. The lowest BCUT2D eigenvalue weighted by molar-refractivity contribution is 0.481. The van der Waals surface area contributed by atoms with E-state index in [1.807, 2.05) is 0 Å². The fourth-order valence-corrected chi connectivity index (χ4v) is 1.92. The third-order valence-corrected chi connectivity index (χ3v) is 2.70. The predicted octanol–water partition coefficient (Wildman–Crippen LogP) is 3.31. The minimum absolute atomic E-state index is 0.334. The Balaban J connectivity index is 2.24. The Morgan fingerprint density at radius 3 is 2.75 bits per heavy atom. The van der Waals surface area contributed by atoms with Crippen LogP contribution < -0.4 is 5.73 Å². The van der Waals surface area contributed by atoms with Crippen molar-refractivity contribution in [1.82, 2.24) is 0 Å². The highest BCUT2D eigenvalue weighted by Crippen LogP contribution is 2.26. The van der Waals surface area contributed by atoms with Gasteiger partial charge in [0.15, 0.2) is 0 Å². The smallest absolute Gasteiger partial charge is 0.129 e. The van der Waals surface area contributed by atoms with E-state index in [1.54, 1.807) is 30.5 Å². The van der Waals surface area contributed by atoms with Gasteiger partial charge in [0.1, 0.15) is 11.6 Å². The van der Waals surface area contributed by atoms with Crippen LogP contribution in [0.1, 0.15) is 17.4 Å². The van der Waals surface area contributed by atoms with Crippen LogP contribution in [0.15, 0.2) is 41.0 Å². The number of benzene rings is 1. The van der Waals surface area contributed by atoms with Crippen molar-refractivity contribution in [3.8, 4) is 0 Å². The van der Waals surface area contributed by atoms with Gasteiger partial charge in [-0.3, -0.25) is 0 Å². The van der Waals surface area contributed by atoms with Crippen molar-refractivity contribution in [3.05, 3.63) is 58.8 Å². The van der Waals surface area contributed by atoms with Gasteiger partial charge in [0, 0.05) is 23.0 Å². The first-order valence-electron chi connectivity index (χ1n) is 4.90. The molecule has 0 spiro atoms. The van der Waals surface area contributed by atoms with Gasteiger partial charge in [-0.2, -0.15) is 0 Å². The summed E-state index contributed by atoms with van der Waals surface area (Å²) in [6, 6.07) is 7.60. The zero-order valence-corrected chi connectivity index (χ0v) is 9.25. The molecule has 0 aliphatic heterocycles. The molecule has 0 bridgehead atoms. The molecule has 0 saturated heterocycles. The number of halogens is 2. The van der Waals surface area contributed by atoms with Crippen LogP contribution in [0.5, 0.6) is 0 Å². The van der Waals surface area contributed by atoms with E-state index in [0.29, 0.717) is 22.8 Å². The Morgan fingerprint density at radius 1 is 1.31 bits per heavy atom. The van der Waals surface area contributed by atoms with E-state index in [2.05, 4.69) is 0 Å². The summed E-state index contributed by atoms with van der Waals surface area (Å²) in [5.74, 6) is 0.332. The summed E-state index contributed by atoms with van der Waals surface area (Å²) in [5.41, 5.74) is 6.24. The molecular weight excluding hydrogens is 229 g/mol. The SMILES string of the molecule is NC(Cc1ccco1)c1c(F)cccc1Cl. The van der Waals surface area contributed by atoms with Crippen LogP contribution in [-0.4, -0.2) is 0 Å². The van der Waals surface area contributed by atoms with Gasteiger partial charge in [0.2, 0.25) is 0 Å². The molecule has 1 aromatic heterocycles. The van der Waals surface area contributed by atoms with Gasteiger partial charge in [-0.1, -0.05) is 17.7 Å². The first-order valence-corrected chi connectivity index (χ1v) is 5.28. The van der Waals surface area contributed by atoms with Gasteiger partial charge in [0.25, 0.3) is 0 Å². The molecule has 2 rings (SSSR count). The maximum atomic E-state index is 13.5. The lowest BCUT2D eigenvalue weighted by Crippen LogP contribution is -2.15. The fraction of sp³-hybridized carbons (Fsp3) is 0.167. The Bertz CT molecular complexity index is 450. The van der Waals surface area contributed by atoms with Crippen LogP contribution in [0.3, 0.4) is 0 Å². The summed E-state index contributed by atoms with van der Waals surface area (Å²) in [6.45, 7) is 0. The summed E-state index contributed by atoms with van der Waals surface area (Å²) >= 11 is 5.91. The summed E-state index contributed by atoms with van der Waals surface area (Å²) in [7, 11) is 0. The van der Waals surface area contributed by atoms with E-state index in [-0.39, 0.29) is 5.82 Å². The van der Waals surface area contributed by atoms with Crippen molar-refractivity contribution >= 4 is 11.6 Å². The van der Waals surface area contributed by atoms with Crippen LogP contribution in [0.2, 0.25) is 5.02 Å². The summed E-state index contributed by atoms with van der Waals surface area (Å²) < 4.78 is 18.7. The molecule has 16 heavy (non-hydrogen) atoms. The topological polar surface area (TPSA) is 39.2 Å². The van der Waals surface area contributed by atoms with Gasteiger partial charge < -0.3 is 10.2 Å². The molecule has 0 radical (unpaired) electrons. The number of hydrogen-bond acceptors (Lipinski definition) is 2. The number of nitrogens with two attached hydrogens (primary N) is 1. The average molecular weight is 240 g/mol. The van der Waals surface area contributed by atoms with E-state index in [4.69, 9.17) is 21.8 Å². The molecule has 0 amide bonds. The summed E-state index contributed by atoms with van der Waals surface area (Å²) in [5, 5.41) is 0.346. The highest BCUT2D eigenvalue weighted by atomic mass is 35.5. The maximum absolute atomic E-state index is 13.5. The third kappa shape index (κ3) is 2.26. The molecule has 1 atom stereocenters. The zero-order valence-electron chi connectivity index (χ0n) is 8.49. The largest absolute Gasteiger partial charge is 0.469 e. The Kier molecular flexibility index (Phi) is 3.27. The molecule has 84 valence electrons. The molecular formula is C12H11ClFNO. The first kappa shape index (κ1) is 11.2. The molecule has 1 aromatic carbocycles. The Morgan fingerprint density at radius 2 is 2.12 bits per heavy atom. The highest BCUT2D eigenvalue weighted by molar-refractivity contribution is 6.31. The van der Waals surface area contributed by atoms with E-state index < -0.39 is 6.04 Å². The summed E-state index contributed by atoms with van der Waals surface area (Å²) in [6.07, 6.45) is 1.98. The van der Waals surface area contributed by atoms with E-state index in [1.165, 1.54) is 6.07 Å². The molecule has 0 saturated carbocycles. The van der Waals surface area contributed by atoms with Crippen molar-refractivity contribution in [2.24, 2.45) is 5.73 Å². The van der Waals surface area contributed by atoms with Crippen molar-refractivity contribution in [2.45, 2.75) is 12.5 Å². The second kappa shape index (κ2) is 4.68. The lowest BCUT2D eigenvalue weighted by Gasteiger charge is -2.13. The zero-order chi connectivity index (χ0) is 11.5. The van der Waals surface area contributed by atoms with Crippen molar-refractivity contribution < 1.29 is 8.81 Å². The first-order chi connectivity index (χ1) is 7.68. The van der Waals surface area contributed by atoms with Crippen LogP contribution >= 0.6 is 11.6 Å². The monoisotopic (exact) mass is 239 g/mol. The van der Waals surface area contributed by atoms with Crippen LogP contribution in [0, 0.1) is 5.82 Å². The lowest BCUT2D eigenvalue weighted by atomic mass is 10.0. The third-order valence-electron chi connectivity index (χ3n) is 2.37. The normalized spacial score (nSPS) is 12.7. The minimum Gasteiger partial charge on any atom is -0.469 e. The molecule has 0 fully saturated rings. The van der Waals surface area contributed by atoms with Gasteiger partial charge in [0.05, 0.1) is 6.26 Å². The Labute approximate surface area is 97.8 Å². The van der Waals surface area contributed by atoms with Gasteiger partial charge in [-0.25, -0.2) is 4.39 Å². The van der Waals surface area contributed by atoms with Crippen molar-refractivity contribution in [2.75, 3.05) is 0 Å². The molecule has 0 aliphatic carbocycles. The molecule has 0 aliphatic rings. The molecule has 1 heterocycles. The average Bonchev–Trinajstić information content (AvgIpc) is 2.70. The van der Waals surface area contributed by atoms with Crippen LogP contribution in [0.25, 0.3) is 0 Å². The van der Waals surface area contributed by atoms with E-state index in [9.17, 15) is 4.39 Å². The number of rotatable bonds is 3. The molecule has 2 nitrogen and oxygen atoms in total. The fourth-order valence-electron chi connectivity index (χ4n) is 1.61. The van der Waals surface area contributed by atoms with Gasteiger partial charge >= 0.3 is 0 Å². The molecule has 1 unspecified atom stereocenters. The Hall–Kier alpha value is -1.32. The van der Waals surface area contributed by atoms with Gasteiger partial charge in [-0.15, -0.1) is 0 Å². The quantitative estimate of drug-likeness (QED) is 0.893. The number of furan rings is 1. The minimum atomic E-state index is -0.500. The van der Waals surface area contributed by atoms with Crippen molar-refractivity contribution in [1.29, 1.82) is 0 Å². The molecule has 2 N–H and O–H groups in total. The molecule has 4 heteroatoms. The van der Waals surface area contributed by atoms with E-state index in [0.717, 1.165) is 0 Å². The van der Waals surface area contributed by atoms with Crippen LogP contribution in [0.4, 0.5) is 4.39 Å². The highest BCUT2D eigenvalue weighted by Gasteiger charge is 2.16. The van der Waals surface area contributed by atoms with Crippen molar-refractivity contribution in [3.63, 3.8) is 0 Å². The summed E-state index contributed by atoms with van der Waals surface area (Å²) in [4.78, 5) is 0. The van der Waals surface area contributed by atoms with E-state index >= 15 is 0 Å². The standard InChI is InChI=1S/C12H11ClFNO/c13-9-4-1-5-10(14)12(9)11(15)7-8-3-2-6-16-8/h1-6,11H,7,15H2. The second-order valence-corrected chi connectivity index (χ2v) is 3.93. The van der Waals surface area contributed by atoms with Gasteiger partial charge in [-0.05, 0) is 24.3 Å². The molecule has 2 aromatic rings. The maximum Gasteiger partial charge on any atom is 0.129 e. The number of hydrogen-bond donors (Lipinski definition) is 1. The van der Waals surface area contributed by atoms with Crippen LogP contribution in [-0.2, 0) is 6.42 Å².